The smallest absolute Gasteiger partial charge is 0.0968 e. The van der Waals surface area contributed by atoms with E-state index in [4.69, 9.17) is 0 Å². The van der Waals surface area contributed by atoms with Crippen LogP contribution in [0.3, 0.4) is 0 Å². The molecule has 0 amide bonds. The van der Waals surface area contributed by atoms with E-state index in [-0.39, 0.29) is 12.4 Å². The molecule has 40 valence electrons. The Bertz CT molecular complexity index is 116. The van der Waals surface area contributed by atoms with E-state index in [0.29, 0.717) is 0 Å². The number of hydrogen-bond donors (Lipinski definition) is 1. The third kappa shape index (κ3) is 2.13. The second-order valence-corrected chi connectivity index (χ2v) is 2.06. The van der Waals surface area contributed by atoms with Gasteiger partial charge in [-0.2, -0.15) is 0 Å². The van der Waals surface area contributed by atoms with E-state index in [9.17, 15) is 0 Å². The highest BCUT2D eigenvalue weighted by Crippen LogP contribution is 1.92. The molecular formula is C3H4ClIN2. The highest BCUT2D eigenvalue weighted by molar-refractivity contribution is 14.1. The molecule has 1 aromatic heterocycles. The summed E-state index contributed by atoms with van der Waals surface area (Å²) >= 11 is 2.16. The minimum absolute atomic E-state index is 0. The SMILES string of the molecule is Cl.Ic1cnc[nH]1. The minimum Gasteiger partial charge on any atom is -0.340 e. The van der Waals surface area contributed by atoms with Gasteiger partial charge in [-0.05, 0) is 22.6 Å². The Labute approximate surface area is 61.3 Å². The molecule has 0 aromatic carbocycles. The Kier molecular flexibility index (Phi) is 3.37. The molecule has 7 heavy (non-hydrogen) atoms. The molecule has 1 heterocycles. The lowest BCUT2D eigenvalue weighted by Crippen LogP contribution is -1.57. The second kappa shape index (κ2) is 3.26. The molecule has 0 saturated carbocycles. The first-order valence-corrected chi connectivity index (χ1v) is 2.61. The van der Waals surface area contributed by atoms with Crippen LogP contribution in [-0.4, -0.2) is 9.97 Å². The van der Waals surface area contributed by atoms with Gasteiger partial charge in [0.25, 0.3) is 0 Å². The number of aromatic amines is 1. The van der Waals surface area contributed by atoms with Crippen molar-refractivity contribution >= 4 is 35.0 Å². The summed E-state index contributed by atoms with van der Waals surface area (Å²) in [5, 5.41) is 0. The number of aromatic nitrogens is 2. The van der Waals surface area contributed by atoms with Crippen LogP contribution in [-0.2, 0) is 0 Å². The molecule has 1 N–H and O–H groups in total. The number of rotatable bonds is 0. The highest BCUT2D eigenvalue weighted by Gasteiger charge is 1.76. The first-order valence-electron chi connectivity index (χ1n) is 1.53. The standard InChI is InChI=1S/C3H3IN2.ClH/c4-3-1-5-2-6-3;/h1-2H,(H,5,6);1H. The topological polar surface area (TPSA) is 28.7 Å². The molecule has 0 atom stereocenters. The predicted molar refractivity (Wildman–Crippen MR) is 38.6 cm³/mol. The maximum absolute atomic E-state index is 3.76. The van der Waals surface area contributed by atoms with Gasteiger partial charge in [-0.25, -0.2) is 4.98 Å². The number of imidazole rings is 1. The van der Waals surface area contributed by atoms with E-state index in [1.807, 2.05) is 0 Å². The van der Waals surface area contributed by atoms with E-state index < -0.39 is 0 Å². The summed E-state index contributed by atoms with van der Waals surface area (Å²) in [6.07, 6.45) is 3.42. The van der Waals surface area contributed by atoms with Crippen LogP contribution < -0.4 is 0 Å². The van der Waals surface area contributed by atoms with Gasteiger partial charge in [-0.3, -0.25) is 0 Å². The summed E-state index contributed by atoms with van der Waals surface area (Å²) in [7, 11) is 0. The average molecular weight is 230 g/mol. The van der Waals surface area contributed by atoms with E-state index >= 15 is 0 Å². The monoisotopic (exact) mass is 230 g/mol. The largest absolute Gasteiger partial charge is 0.340 e. The Hall–Kier alpha value is 0.230. The number of halogens is 2. The van der Waals surface area contributed by atoms with Gasteiger partial charge >= 0.3 is 0 Å². The normalized spacial score (nSPS) is 7.57. The molecule has 1 rings (SSSR count). The van der Waals surface area contributed by atoms with Crippen LogP contribution in [0, 0.1) is 3.70 Å². The van der Waals surface area contributed by atoms with Crippen molar-refractivity contribution < 1.29 is 0 Å². The Morgan fingerprint density at radius 3 is 2.57 bits per heavy atom. The fraction of sp³-hybridized carbons (Fsp3) is 0. The predicted octanol–water partition coefficient (Wildman–Crippen LogP) is 1.44. The fourth-order valence-corrected chi connectivity index (χ4v) is 0.539. The van der Waals surface area contributed by atoms with Crippen LogP contribution in [0.25, 0.3) is 0 Å². The van der Waals surface area contributed by atoms with E-state index in [1.54, 1.807) is 12.5 Å². The van der Waals surface area contributed by atoms with Crippen LogP contribution in [0.15, 0.2) is 12.5 Å². The second-order valence-electron chi connectivity index (χ2n) is 0.900. The van der Waals surface area contributed by atoms with Gasteiger partial charge in [0.1, 0.15) is 0 Å². The molecule has 0 bridgehead atoms. The van der Waals surface area contributed by atoms with Crippen LogP contribution in [0.5, 0.6) is 0 Å². The zero-order chi connectivity index (χ0) is 4.41. The highest BCUT2D eigenvalue weighted by atomic mass is 127. The first kappa shape index (κ1) is 7.23. The molecule has 0 unspecified atom stereocenters. The van der Waals surface area contributed by atoms with E-state index in [1.165, 1.54) is 0 Å². The van der Waals surface area contributed by atoms with Crippen LogP contribution in [0.2, 0.25) is 0 Å². The molecule has 0 spiro atoms. The van der Waals surface area contributed by atoms with Crippen molar-refractivity contribution in [3.63, 3.8) is 0 Å². The Morgan fingerprint density at radius 1 is 1.71 bits per heavy atom. The summed E-state index contributed by atoms with van der Waals surface area (Å²) in [4.78, 5) is 6.63. The zero-order valence-corrected chi connectivity index (χ0v) is 6.36. The van der Waals surface area contributed by atoms with Gasteiger partial charge in [0, 0.05) is 0 Å². The number of H-pyrrole nitrogens is 1. The third-order valence-corrected chi connectivity index (χ3v) is 1.05. The Morgan fingerprint density at radius 2 is 2.43 bits per heavy atom. The lowest BCUT2D eigenvalue weighted by molar-refractivity contribution is 1.30. The fourth-order valence-electron chi connectivity index (χ4n) is 0.239. The lowest BCUT2D eigenvalue weighted by Gasteiger charge is -1.64. The molecule has 1 aromatic rings. The molecule has 0 aliphatic rings. The summed E-state index contributed by atoms with van der Waals surface area (Å²) < 4.78 is 1.08. The van der Waals surface area contributed by atoms with Gasteiger partial charge in [-0.15, -0.1) is 12.4 Å². The Balaban J connectivity index is 0.000000360. The molecule has 0 radical (unpaired) electrons. The summed E-state index contributed by atoms with van der Waals surface area (Å²) in [5.41, 5.74) is 0. The van der Waals surface area contributed by atoms with Crippen molar-refractivity contribution in [2.24, 2.45) is 0 Å². The third-order valence-electron chi connectivity index (χ3n) is 0.465. The van der Waals surface area contributed by atoms with Crippen LogP contribution in [0.4, 0.5) is 0 Å². The van der Waals surface area contributed by atoms with Gasteiger partial charge in [0.2, 0.25) is 0 Å². The minimum atomic E-state index is 0. The maximum atomic E-state index is 3.76. The summed E-state index contributed by atoms with van der Waals surface area (Å²) in [5.74, 6) is 0. The average Bonchev–Trinajstić information content (AvgIpc) is 1.86. The lowest BCUT2D eigenvalue weighted by atomic mass is 11.0. The van der Waals surface area contributed by atoms with Gasteiger partial charge in [0.05, 0.1) is 16.2 Å². The number of nitrogens with one attached hydrogen (secondary N) is 1. The molecule has 2 nitrogen and oxygen atoms in total. The molecule has 4 heteroatoms. The molecule has 0 saturated heterocycles. The van der Waals surface area contributed by atoms with Crippen molar-refractivity contribution in [3.05, 3.63) is 16.2 Å². The molecule has 0 fully saturated rings. The number of nitrogens with zero attached hydrogens (tertiary/aromatic N) is 1. The quantitative estimate of drug-likeness (QED) is 0.671. The van der Waals surface area contributed by atoms with Gasteiger partial charge in [-0.1, -0.05) is 0 Å². The van der Waals surface area contributed by atoms with Crippen molar-refractivity contribution in [1.29, 1.82) is 0 Å². The van der Waals surface area contributed by atoms with Crippen molar-refractivity contribution in [3.8, 4) is 0 Å². The maximum Gasteiger partial charge on any atom is 0.0968 e. The van der Waals surface area contributed by atoms with Crippen LogP contribution in [0.1, 0.15) is 0 Å². The molecular weight excluding hydrogens is 226 g/mol. The van der Waals surface area contributed by atoms with Crippen molar-refractivity contribution in [2.75, 3.05) is 0 Å². The van der Waals surface area contributed by atoms with Crippen molar-refractivity contribution in [2.45, 2.75) is 0 Å². The zero-order valence-electron chi connectivity index (χ0n) is 3.39. The van der Waals surface area contributed by atoms with Gasteiger partial charge in [0.15, 0.2) is 0 Å². The van der Waals surface area contributed by atoms with E-state index in [0.717, 1.165) is 3.70 Å². The summed E-state index contributed by atoms with van der Waals surface area (Å²) in [6.45, 7) is 0. The molecule has 0 aliphatic carbocycles. The summed E-state index contributed by atoms with van der Waals surface area (Å²) in [6, 6.07) is 0. The van der Waals surface area contributed by atoms with Crippen LogP contribution >= 0.6 is 35.0 Å². The first-order chi connectivity index (χ1) is 2.89. The molecule has 0 aliphatic heterocycles. The van der Waals surface area contributed by atoms with Crippen molar-refractivity contribution in [1.82, 2.24) is 9.97 Å². The number of hydrogen-bond acceptors (Lipinski definition) is 1. The van der Waals surface area contributed by atoms with E-state index in [2.05, 4.69) is 32.6 Å². The van der Waals surface area contributed by atoms with Gasteiger partial charge < -0.3 is 4.98 Å².